The average Bonchev–Trinajstić information content (AvgIpc) is 2.68. The molecule has 0 aromatic carbocycles. The van der Waals surface area contributed by atoms with E-state index in [1.807, 2.05) is 6.92 Å². The maximum atomic E-state index is 11.6. The number of hydrogen-bond acceptors (Lipinski definition) is 4. The van der Waals surface area contributed by atoms with Crippen molar-refractivity contribution in [3.05, 3.63) is 45.4 Å². The third-order valence-electron chi connectivity index (χ3n) is 2.46. The summed E-state index contributed by atoms with van der Waals surface area (Å²) in [5, 5.41) is 4.05. The van der Waals surface area contributed by atoms with Crippen molar-refractivity contribution < 1.29 is 0 Å². The van der Waals surface area contributed by atoms with Gasteiger partial charge in [-0.1, -0.05) is 0 Å². The van der Waals surface area contributed by atoms with Crippen LogP contribution in [0.3, 0.4) is 0 Å². The normalized spacial score (nSPS) is 12.5. The standard InChI is InChI=1S/C10H13N5O2/c1-7(6-14-4-2-3-12-14)15-8(11)5-9(16)13-10(15)17/h2-5,7H,6,11H2,1H3,(H,13,16,17). The molecule has 0 fully saturated rings. The summed E-state index contributed by atoms with van der Waals surface area (Å²) in [6.45, 7) is 2.33. The molecule has 2 rings (SSSR count). The zero-order chi connectivity index (χ0) is 12.4. The molecule has 0 saturated heterocycles. The molecule has 0 amide bonds. The molecular weight excluding hydrogens is 222 g/mol. The molecular formula is C10H13N5O2. The van der Waals surface area contributed by atoms with Crippen LogP contribution in [0.4, 0.5) is 5.82 Å². The lowest BCUT2D eigenvalue weighted by atomic mass is 10.3. The Morgan fingerprint density at radius 2 is 2.29 bits per heavy atom. The van der Waals surface area contributed by atoms with E-state index in [1.54, 1.807) is 23.1 Å². The quantitative estimate of drug-likeness (QED) is 0.754. The zero-order valence-corrected chi connectivity index (χ0v) is 9.33. The van der Waals surface area contributed by atoms with E-state index >= 15 is 0 Å². The smallest absolute Gasteiger partial charge is 0.330 e. The molecule has 0 spiro atoms. The van der Waals surface area contributed by atoms with Gasteiger partial charge in [0.1, 0.15) is 5.82 Å². The first-order valence-electron chi connectivity index (χ1n) is 5.16. The molecule has 1 unspecified atom stereocenters. The molecule has 7 heteroatoms. The van der Waals surface area contributed by atoms with Crippen molar-refractivity contribution in [1.29, 1.82) is 0 Å². The Labute approximate surface area is 96.5 Å². The number of hydrogen-bond donors (Lipinski definition) is 2. The van der Waals surface area contributed by atoms with Gasteiger partial charge in [0.15, 0.2) is 0 Å². The first-order valence-corrected chi connectivity index (χ1v) is 5.16. The monoisotopic (exact) mass is 235 g/mol. The Kier molecular flexibility index (Phi) is 2.82. The highest BCUT2D eigenvalue weighted by Gasteiger charge is 2.11. The Bertz CT molecular complexity index is 610. The third-order valence-corrected chi connectivity index (χ3v) is 2.46. The number of aromatic nitrogens is 4. The highest BCUT2D eigenvalue weighted by Crippen LogP contribution is 2.08. The van der Waals surface area contributed by atoms with Gasteiger partial charge in [0, 0.05) is 18.5 Å². The van der Waals surface area contributed by atoms with Gasteiger partial charge < -0.3 is 5.73 Å². The largest absolute Gasteiger partial charge is 0.385 e. The fraction of sp³-hybridized carbons (Fsp3) is 0.300. The van der Waals surface area contributed by atoms with Crippen LogP contribution in [0.2, 0.25) is 0 Å². The molecule has 17 heavy (non-hydrogen) atoms. The van der Waals surface area contributed by atoms with Gasteiger partial charge in [-0.05, 0) is 13.0 Å². The van der Waals surface area contributed by atoms with Crippen LogP contribution in [-0.2, 0) is 6.54 Å². The molecule has 0 radical (unpaired) electrons. The molecule has 0 aliphatic carbocycles. The van der Waals surface area contributed by atoms with E-state index in [1.165, 1.54) is 10.6 Å². The number of nitrogens with zero attached hydrogens (tertiary/aromatic N) is 3. The Hall–Kier alpha value is -2.31. The van der Waals surface area contributed by atoms with E-state index in [9.17, 15) is 9.59 Å². The average molecular weight is 235 g/mol. The van der Waals surface area contributed by atoms with Crippen LogP contribution in [0.15, 0.2) is 34.1 Å². The van der Waals surface area contributed by atoms with Crippen LogP contribution in [-0.4, -0.2) is 19.3 Å². The minimum Gasteiger partial charge on any atom is -0.385 e. The van der Waals surface area contributed by atoms with Gasteiger partial charge in [0.05, 0.1) is 12.6 Å². The number of nitrogen functional groups attached to an aromatic ring is 1. The molecule has 90 valence electrons. The minimum atomic E-state index is -0.505. The van der Waals surface area contributed by atoms with Gasteiger partial charge in [-0.2, -0.15) is 5.10 Å². The fourth-order valence-electron chi connectivity index (χ4n) is 1.74. The number of H-pyrrole nitrogens is 1. The topological polar surface area (TPSA) is 98.7 Å². The lowest BCUT2D eigenvalue weighted by Gasteiger charge is -2.16. The van der Waals surface area contributed by atoms with Gasteiger partial charge in [0.2, 0.25) is 0 Å². The molecule has 2 aromatic rings. The van der Waals surface area contributed by atoms with Gasteiger partial charge in [0.25, 0.3) is 5.56 Å². The Morgan fingerprint density at radius 3 is 2.88 bits per heavy atom. The van der Waals surface area contributed by atoms with Crippen LogP contribution < -0.4 is 17.0 Å². The maximum absolute atomic E-state index is 11.6. The lowest BCUT2D eigenvalue weighted by molar-refractivity contribution is 0.426. The third kappa shape index (κ3) is 2.27. The Morgan fingerprint density at radius 1 is 1.53 bits per heavy atom. The van der Waals surface area contributed by atoms with Gasteiger partial charge >= 0.3 is 5.69 Å². The van der Waals surface area contributed by atoms with Crippen molar-refractivity contribution in [2.75, 3.05) is 5.73 Å². The van der Waals surface area contributed by atoms with Crippen molar-refractivity contribution in [2.45, 2.75) is 19.5 Å². The van der Waals surface area contributed by atoms with E-state index in [2.05, 4.69) is 10.1 Å². The molecule has 2 aromatic heterocycles. The summed E-state index contributed by atoms with van der Waals surface area (Å²) in [6, 6.07) is 2.80. The summed E-state index contributed by atoms with van der Waals surface area (Å²) in [7, 11) is 0. The molecule has 0 saturated carbocycles. The summed E-state index contributed by atoms with van der Waals surface area (Å²) in [5.41, 5.74) is 4.67. The summed E-state index contributed by atoms with van der Waals surface area (Å²) in [6.07, 6.45) is 3.45. The summed E-state index contributed by atoms with van der Waals surface area (Å²) < 4.78 is 3.03. The first kappa shape index (κ1) is 11.2. The Balaban J connectivity index is 2.34. The molecule has 0 aliphatic heterocycles. The number of anilines is 1. The van der Waals surface area contributed by atoms with Crippen molar-refractivity contribution in [3.8, 4) is 0 Å². The minimum absolute atomic E-state index is 0.151. The van der Waals surface area contributed by atoms with E-state index in [4.69, 9.17) is 5.73 Å². The fourth-order valence-corrected chi connectivity index (χ4v) is 1.74. The highest BCUT2D eigenvalue weighted by molar-refractivity contribution is 5.26. The second-order valence-corrected chi connectivity index (χ2v) is 3.81. The predicted octanol–water partition coefficient (Wildman–Crippen LogP) is -0.423. The van der Waals surface area contributed by atoms with Crippen molar-refractivity contribution in [3.63, 3.8) is 0 Å². The molecule has 1 atom stereocenters. The number of rotatable bonds is 3. The van der Waals surface area contributed by atoms with E-state index < -0.39 is 11.2 Å². The molecule has 0 bridgehead atoms. The summed E-state index contributed by atoms with van der Waals surface area (Å²) in [5.74, 6) is 0.151. The number of aromatic amines is 1. The number of nitrogens with one attached hydrogen (secondary N) is 1. The number of nitrogens with two attached hydrogens (primary N) is 1. The SMILES string of the molecule is CC(Cn1cccn1)n1c(N)cc(=O)[nH]c1=O. The second kappa shape index (κ2) is 4.28. The van der Waals surface area contributed by atoms with Gasteiger partial charge in [-0.3, -0.25) is 19.0 Å². The molecule has 0 aliphatic rings. The van der Waals surface area contributed by atoms with Gasteiger partial charge in [-0.15, -0.1) is 0 Å². The van der Waals surface area contributed by atoms with Crippen LogP contribution >= 0.6 is 0 Å². The van der Waals surface area contributed by atoms with E-state index in [0.29, 0.717) is 6.54 Å². The van der Waals surface area contributed by atoms with Gasteiger partial charge in [-0.25, -0.2) is 4.79 Å². The van der Waals surface area contributed by atoms with Crippen LogP contribution in [0.5, 0.6) is 0 Å². The van der Waals surface area contributed by atoms with Crippen LogP contribution in [0.1, 0.15) is 13.0 Å². The zero-order valence-electron chi connectivity index (χ0n) is 9.33. The maximum Gasteiger partial charge on any atom is 0.330 e. The van der Waals surface area contributed by atoms with Crippen molar-refractivity contribution in [1.82, 2.24) is 19.3 Å². The van der Waals surface area contributed by atoms with Crippen molar-refractivity contribution >= 4 is 5.82 Å². The lowest BCUT2D eigenvalue weighted by Crippen LogP contribution is -2.34. The summed E-state index contributed by atoms with van der Waals surface area (Å²) in [4.78, 5) is 24.8. The second-order valence-electron chi connectivity index (χ2n) is 3.81. The molecule has 3 N–H and O–H groups in total. The molecule has 7 nitrogen and oxygen atoms in total. The molecule has 2 heterocycles. The van der Waals surface area contributed by atoms with Crippen LogP contribution in [0, 0.1) is 0 Å². The van der Waals surface area contributed by atoms with Crippen molar-refractivity contribution in [2.24, 2.45) is 0 Å². The first-order chi connectivity index (χ1) is 8.08. The van der Waals surface area contributed by atoms with E-state index in [-0.39, 0.29) is 11.9 Å². The highest BCUT2D eigenvalue weighted by atomic mass is 16.2. The predicted molar refractivity (Wildman–Crippen MR) is 62.7 cm³/mol. The summed E-state index contributed by atoms with van der Waals surface area (Å²) >= 11 is 0. The van der Waals surface area contributed by atoms with Crippen LogP contribution in [0.25, 0.3) is 0 Å². The van der Waals surface area contributed by atoms with E-state index in [0.717, 1.165) is 0 Å².